The summed E-state index contributed by atoms with van der Waals surface area (Å²) in [5, 5.41) is 12.0. The Labute approximate surface area is 125 Å². The van der Waals surface area contributed by atoms with Crippen molar-refractivity contribution in [2.24, 2.45) is 0 Å². The fraction of sp³-hybridized carbons (Fsp3) is 0.231. The van der Waals surface area contributed by atoms with Crippen molar-refractivity contribution in [3.05, 3.63) is 30.3 Å². The van der Waals surface area contributed by atoms with Gasteiger partial charge < -0.3 is 9.73 Å². The first-order valence-electron chi connectivity index (χ1n) is 6.18. The first kappa shape index (κ1) is 15.0. The molecule has 2 rings (SSSR count). The van der Waals surface area contributed by atoms with Crippen molar-refractivity contribution in [3.8, 4) is 11.5 Å². The maximum absolute atomic E-state index is 11.7. The Morgan fingerprint density at radius 2 is 1.95 bits per heavy atom. The molecule has 3 amide bonds. The number of carbonyl (C=O) groups excluding carboxylic acids is 2. The van der Waals surface area contributed by atoms with E-state index in [9.17, 15) is 9.59 Å². The van der Waals surface area contributed by atoms with Gasteiger partial charge in [-0.05, 0) is 19.1 Å². The van der Waals surface area contributed by atoms with Gasteiger partial charge in [0, 0.05) is 12.6 Å². The van der Waals surface area contributed by atoms with Crippen LogP contribution in [0.3, 0.4) is 0 Å². The number of amides is 3. The average Bonchev–Trinajstić information content (AvgIpc) is 2.96. The van der Waals surface area contributed by atoms with E-state index < -0.39 is 17.2 Å². The minimum atomic E-state index is -0.553. The van der Waals surface area contributed by atoms with Crippen molar-refractivity contribution in [1.82, 2.24) is 20.8 Å². The molecule has 0 fully saturated rings. The van der Waals surface area contributed by atoms with Crippen molar-refractivity contribution >= 4 is 23.7 Å². The zero-order valence-corrected chi connectivity index (χ0v) is 12.3. The monoisotopic (exact) mass is 306 g/mol. The van der Waals surface area contributed by atoms with Gasteiger partial charge in [0.25, 0.3) is 5.22 Å². The second kappa shape index (κ2) is 6.89. The van der Waals surface area contributed by atoms with Gasteiger partial charge in [-0.2, -0.15) is 0 Å². The summed E-state index contributed by atoms with van der Waals surface area (Å²) in [5.74, 6) is -0.0455. The molecule has 0 unspecified atom stereocenters. The Kier molecular flexibility index (Phi) is 4.94. The molecule has 1 heterocycles. The van der Waals surface area contributed by atoms with Crippen LogP contribution in [0.25, 0.3) is 11.5 Å². The van der Waals surface area contributed by atoms with E-state index in [0.29, 0.717) is 5.89 Å². The minimum absolute atomic E-state index is 0.272. The van der Waals surface area contributed by atoms with Gasteiger partial charge in [-0.25, -0.2) is 4.79 Å². The molecular weight excluding hydrogens is 292 g/mol. The highest BCUT2D eigenvalue weighted by Gasteiger charge is 2.20. The number of benzene rings is 1. The highest BCUT2D eigenvalue weighted by Crippen LogP contribution is 2.25. The molecule has 0 radical (unpaired) electrons. The predicted molar refractivity (Wildman–Crippen MR) is 77.7 cm³/mol. The summed E-state index contributed by atoms with van der Waals surface area (Å²) >= 11 is 1.09. The lowest BCUT2D eigenvalue weighted by Gasteiger charge is -2.07. The molecule has 0 saturated heterocycles. The zero-order chi connectivity index (χ0) is 15.2. The molecule has 110 valence electrons. The Morgan fingerprint density at radius 1 is 1.24 bits per heavy atom. The Bertz CT molecular complexity index is 629. The number of rotatable bonds is 4. The topological polar surface area (TPSA) is 97.1 Å². The highest BCUT2D eigenvalue weighted by atomic mass is 32.2. The normalized spacial score (nSPS) is 11.7. The molecule has 21 heavy (non-hydrogen) atoms. The molecule has 0 spiro atoms. The summed E-state index contributed by atoms with van der Waals surface area (Å²) in [6.45, 7) is 1.65. The minimum Gasteiger partial charge on any atom is -0.411 e. The van der Waals surface area contributed by atoms with Crippen LogP contribution in [0.15, 0.2) is 40.0 Å². The Balaban J connectivity index is 1.99. The van der Waals surface area contributed by atoms with Gasteiger partial charge in [0.2, 0.25) is 11.8 Å². The largest absolute Gasteiger partial charge is 0.411 e. The molecule has 7 nitrogen and oxygen atoms in total. The number of nitrogens with one attached hydrogen (secondary N) is 2. The fourth-order valence-corrected chi connectivity index (χ4v) is 2.12. The van der Waals surface area contributed by atoms with Crippen molar-refractivity contribution in [1.29, 1.82) is 0 Å². The van der Waals surface area contributed by atoms with E-state index in [-0.39, 0.29) is 5.22 Å². The number of aromatic nitrogens is 2. The van der Waals surface area contributed by atoms with E-state index in [1.54, 1.807) is 6.92 Å². The molecule has 1 atom stereocenters. The molecule has 0 bridgehead atoms. The lowest BCUT2D eigenvalue weighted by molar-refractivity contribution is -0.119. The summed E-state index contributed by atoms with van der Waals surface area (Å²) in [6, 6.07) is 8.77. The fourth-order valence-electron chi connectivity index (χ4n) is 1.44. The molecule has 1 aromatic carbocycles. The van der Waals surface area contributed by atoms with Gasteiger partial charge in [0.05, 0.1) is 5.25 Å². The van der Waals surface area contributed by atoms with Gasteiger partial charge in [-0.15, -0.1) is 10.2 Å². The smallest absolute Gasteiger partial charge is 0.321 e. The van der Waals surface area contributed by atoms with E-state index >= 15 is 0 Å². The third kappa shape index (κ3) is 4.06. The lowest BCUT2D eigenvalue weighted by atomic mass is 10.2. The summed E-state index contributed by atoms with van der Waals surface area (Å²) in [6.07, 6.45) is 0. The van der Waals surface area contributed by atoms with Gasteiger partial charge in [-0.1, -0.05) is 30.0 Å². The van der Waals surface area contributed by atoms with E-state index in [0.717, 1.165) is 17.3 Å². The molecule has 2 aromatic rings. The van der Waals surface area contributed by atoms with E-state index in [1.807, 2.05) is 30.3 Å². The van der Waals surface area contributed by atoms with Crippen molar-refractivity contribution in [2.45, 2.75) is 17.4 Å². The SMILES string of the molecule is CNC(=O)NC(=O)[C@@H](C)Sc1nnc(-c2ccccc2)o1. The van der Waals surface area contributed by atoms with Crippen LogP contribution >= 0.6 is 11.8 Å². The number of thioether (sulfide) groups is 1. The summed E-state index contributed by atoms with van der Waals surface area (Å²) in [5.41, 5.74) is 0.805. The first-order chi connectivity index (χ1) is 10.1. The van der Waals surface area contributed by atoms with Gasteiger partial charge in [0.15, 0.2) is 0 Å². The highest BCUT2D eigenvalue weighted by molar-refractivity contribution is 8.00. The Morgan fingerprint density at radius 3 is 2.62 bits per heavy atom. The molecule has 0 aliphatic rings. The number of nitrogens with zero attached hydrogens (tertiary/aromatic N) is 2. The third-order valence-corrected chi connectivity index (χ3v) is 3.47. The second-order valence-corrected chi connectivity index (χ2v) is 5.36. The van der Waals surface area contributed by atoms with Crippen LogP contribution in [0, 0.1) is 0 Å². The van der Waals surface area contributed by atoms with E-state index in [4.69, 9.17) is 4.42 Å². The standard InChI is InChI=1S/C13H14N4O3S/c1-8(10(18)15-12(19)14-2)21-13-17-16-11(20-13)9-6-4-3-5-7-9/h3-8H,1-2H3,(H2,14,15,18,19)/t8-/m1/s1. The molecule has 8 heteroatoms. The molecule has 0 aliphatic heterocycles. The van der Waals surface area contributed by atoms with E-state index in [1.165, 1.54) is 7.05 Å². The van der Waals surface area contributed by atoms with Gasteiger partial charge in [0.1, 0.15) is 0 Å². The number of carbonyl (C=O) groups is 2. The predicted octanol–water partition coefficient (Wildman–Crippen LogP) is 1.67. The molecule has 2 N–H and O–H groups in total. The van der Waals surface area contributed by atoms with Crippen molar-refractivity contribution in [2.75, 3.05) is 7.05 Å². The second-order valence-electron chi connectivity index (χ2n) is 4.07. The van der Waals surface area contributed by atoms with Crippen LogP contribution in [-0.2, 0) is 4.79 Å². The summed E-state index contributed by atoms with van der Waals surface area (Å²) in [7, 11) is 1.44. The van der Waals surface area contributed by atoms with Crippen LogP contribution in [0.2, 0.25) is 0 Å². The Hall–Kier alpha value is -2.35. The molecular formula is C13H14N4O3S. The van der Waals surface area contributed by atoms with Crippen LogP contribution < -0.4 is 10.6 Å². The van der Waals surface area contributed by atoms with Crippen LogP contribution in [0.4, 0.5) is 4.79 Å². The molecule has 0 saturated carbocycles. The molecule has 1 aromatic heterocycles. The van der Waals surface area contributed by atoms with Crippen LogP contribution in [0.1, 0.15) is 6.92 Å². The quantitative estimate of drug-likeness (QED) is 0.834. The number of hydrogen-bond acceptors (Lipinski definition) is 6. The van der Waals surface area contributed by atoms with Gasteiger partial charge >= 0.3 is 6.03 Å². The number of hydrogen-bond donors (Lipinski definition) is 2. The molecule has 0 aliphatic carbocycles. The van der Waals surface area contributed by atoms with Crippen LogP contribution in [0.5, 0.6) is 0 Å². The maximum Gasteiger partial charge on any atom is 0.321 e. The van der Waals surface area contributed by atoms with E-state index in [2.05, 4.69) is 20.8 Å². The first-order valence-corrected chi connectivity index (χ1v) is 7.06. The van der Waals surface area contributed by atoms with Crippen molar-refractivity contribution in [3.63, 3.8) is 0 Å². The third-order valence-electron chi connectivity index (χ3n) is 2.54. The number of imide groups is 1. The lowest BCUT2D eigenvalue weighted by Crippen LogP contribution is -2.41. The zero-order valence-electron chi connectivity index (χ0n) is 11.5. The van der Waals surface area contributed by atoms with Gasteiger partial charge in [-0.3, -0.25) is 10.1 Å². The maximum atomic E-state index is 11.7. The van der Waals surface area contributed by atoms with Crippen molar-refractivity contribution < 1.29 is 14.0 Å². The average molecular weight is 306 g/mol. The summed E-state index contributed by atoms with van der Waals surface area (Å²) < 4.78 is 5.48. The number of urea groups is 1. The summed E-state index contributed by atoms with van der Waals surface area (Å²) in [4.78, 5) is 22.8. The van der Waals surface area contributed by atoms with Crippen LogP contribution in [-0.4, -0.2) is 34.4 Å².